The average molecular weight is 695 g/mol. The van der Waals surface area contributed by atoms with Gasteiger partial charge in [0.05, 0.1) is 22.6 Å². The summed E-state index contributed by atoms with van der Waals surface area (Å²) in [5.74, 6) is -2.37. The molecule has 6 rings (SSSR count). The van der Waals surface area contributed by atoms with E-state index >= 15 is 17.6 Å². The number of halogens is 6. The van der Waals surface area contributed by atoms with Crippen molar-refractivity contribution in [1.29, 1.82) is 0 Å². The molecule has 2 aromatic heterocycles. The molecule has 47 heavy (non-hydrogen) atoms. The topological polar surface area (TPSA) is 96.6 Å². The second-order valence-corrected chi connectivity index (χ2v) is 12.8. The van der Waals surface area contributed by atoms with E-state index in [4.69, 9.17) is 16.3 Å². The maximum Gasteiger partial charge on any atom is 0.417 e. The van der Waals surface area contributed by atoms with Crippen molar-refractivity contribution in [2.75, 3.05) is 23.7 Å². The lowest BCUT2D eigenvalue weighted by Crippen LogP contribution is -2.60. The third-order valence-electron chi connectivity index (χ3n) is 8.20. The zero-order valence-electron chi connectivity index (χ0n) is 25.0. The summed E-state index contributed by atoms with van der Waals surface area (Å²) in [5.41, 5.74) is -3.06. The van der Waals surface area contributed by atoms with Crippen LogP contribution in [0.5, 0.6) is 6.01 Å². The molecular formula is C31H28ClF5N6O3S. The number of rotatable bonds is 6. The maximum absolute atomic E-state index is 15.4. The molecule has 4 heterocycles. The molecule has 0 saturated carbocycles. The van der Waals surface area contributed by atoms with Gasteiger partial charge in [0, 0.05) is 70.8 Å². The third-order valence-corrected chi connectivity index (χ3v) is 9.71. The Morgan fingerprint density at radius 3 is 2.43 bits per heavy atom. The summed E-state index contributed by atoms with van der Waals surface area (Å²) in [6, 6.07) is 3.05. The second kappa shape index (κ2) is 12.7. The molecule has 16 heteroatoms. The Labute approximate surface area is 274 Å². The van der Waals surface area contributed by atoms with Gasteiger partial charge in [-0.2, -0.15) is 18.2 Å². The number of hydrogen-bond donors (Lipinski definition) is 1. The SMILES string of the molecule is C=CC(O)N1[C@H](C)CN(c2nc(=O)n3c4c(c(-c5cc(Cl)c(F)cc5F)c(C(F)(F)F)cc24)SC[C@@H](Oc2ncccn2)C3)C[C@@H]1C. The number of aromatic nitrogens is 4. The van der Waals surface area contributed by atoms with Crippen molar-refractivity contribution in [2.45, 2.75) is 55.9 Å². The van der Waals surface area contributed by atoms with Gasteiger partial charge in [0.1, 0.15) is 29.8 Å². The number of nitrogens with zero attached hydrogens (tertiary/aromatic N) is 6. The number of thioether (sulfide) groups is 1. The number of hydrogen-bond acceptors (Lipinski definition) is 9. The highest BCUT2D eigenvalue weighted by molar-refractivity contribution is 7.99. The van der Waals surface area contributed by atoms with Gasteiger partial charge in [-0.25, -0.2) is 23.5 Å². The predicted octanol–water partition coefficient (Wildman–Crippen LogP) is 5.76. The van der Waals surface area contributed by atoms with Crippen LogP contribution in [0.25, 0.3) is 22.0 Å². The van der Waals surface area contributed by atoms with Gasteiger partial charge in [-0.3, -0.25) is 9.47 Å². The van der Waals surface area contributed by atoms with Crippen LogP contribution in [-0.2, 0) is 12.7 Å². The van der Waals surface area contributed by atoms with Crippen LogP contribution in [0.2, 0.25) is 5.02 Å². The van der Waals surface area contributed by atoms with E-state index in [0.29, 0.717) is 6.07 Å². The lowest BCUT2D eigenvalue weighted by molar-refractivity contribution is -0.137. The zero-order chi connectivity index (χ0) is 33.8. The van der Waals surface area contributed by atoms with Crippen LogP contribution in [0, 0.1) is 11.6 Å². The highest BCUT2D eigenvalue weighted by Gasteiger charge is 2.40. The molecule has 248 valence electrons. The highest BCUT2D eigenvalue weighted by Crippen LogP contribution is 2.49. The summed E-state index contributed by atoms with van der Waals surface area (Å²) < 4.78 is 81.8. The molecule has 2 aliphatic heterocycles. The first kappa shape index (κ1) is 33.1. The molecular weight excluding hydrogens is 667 g/mol. The molecule has 0 aliphatic carbocycles. The molecule has 2 aliphatic rings. The van der Waals surface area contributed by atoms with Crippen molar-refractivity contribution in [2.24, 2.45) is 0 Å². The van der Waals surface area contributed by atoms with Crippen molar-refractivity contribution in [3.8, 4) is 17.1 Å². The Balaban J connectivity index is 1.62. The molecule has 9 nitrogen and oxygen atoms in total. The van der Waals surface area contributed by atoms with Gasteiger partial charge >= 0.3 is 17.9 Å². The average Bonchev–Trinajstić information content (AvgIpc) is 3.20. The quantitative estimate of drug-likeness (QED) is 0.154. The van der Waals surface area contributed by atoms with Crippen LogP contribution in [0.1, 0.15) is 19.4 Å². The molecule has 1 unspecified atom stereocenters. The number of aliphatic hydroxyl groups excluding tert-OH is 1. The molecule has 4 aromatic rings. The van der Waals surface area contributed by atoms with Crippen LogP contribution >= 0.6 is 23.4 Å². The number of ether oxygens (including phenoxy) is 1. The lowest BCUT2D eigenvalue weighted by atomic mass is 9.95. The number of anilines is 1. The summed E-state index contributed by atoms with van der Waals surface area (Å²) in [7, 11) is 0. The smallest absolute Gasteiger partial charge is 0.417 e. The molecule has 1 N–H and O–H groups in total. The first-order chi connectivity index (χ1) is 22.3. The van der Waals surface area contributed by atoms with Gasteiger partial charge in [0.15, 0.2) is 0 Å². The maximum atomic E-state index is 15.4. The first-order valence-electron chi connectivity index (χ1n) is 14.5. The summed E-state index contributed by atoms with van der Waals surface area (Å²) in [4.78, 5) is 29.7. The Hall–Kier alpha value is -3.79. The molecule has 0 amide bonds. The third kappa shape index (κ3) is 6.17. The predicted molar refractivity (Wildman–Crippen MR) is 168 cm³/mol. The Bertz CT molecular complexity index is 1900. The molecule has 1 fully saturated rings. The second-order valence-electron chi connectivity index (χ2n) is 11.4. The fraction of sp³-hybridized carbons (Fsp3) is 0.355. The van der Waals surface area contributed by atoms with E-state index in [-0.39, 0.29) is 65.1 Å². The van der Waals surface area contributed by atoms with Crippen LogP contribution in [0.15, 0.2) is 59.0 Å². The monoisotopic (exact) mass is 694 g/mol. The van der Waals surface area contributed by atoms with Crippen molar-refractivity contribution in [3.05, 3.63) is 82.0 Å². The number of aliphatic hydroxyl groups is 1. The fourth-order valence-electron chi connectivity index (χ4n) is 6.30. The zero-order valence-corrected chi connectivity index (χ0v) is 26.6. The molecule has 0 spiro atoms. The van der Waals surface area contributed by atoms with E-state index in [2.05, 4.69) is 21.5 Å². The summed E-state index contributed by atoms with van der Waals surface area (Å²) in [6.07, 6.45) is -2.50. The van der Waals surface area contributed by atoms with Crippen molar-refractivity contribution in [1.82, 2.24) is 24.4 Å². The van der Waals surface area contributed by atoms with Gasteiger partial charge in [0.2, 0.25) is 0 Å². The highest BCUT2D eigenvalue weighted by atomic mass is 35.5. The fourth-order valence-corrected chi connectivity index (χ4v) is 7.71. The minimum Gasteiger partial charge on any atom is -0.457 e. The van der Waals surface area contributed by atoms with Crippen molar-refractivity contribution >= 4 is 40.1 Å². The van der Waals surface area contributed by atoms with E-state index in [9.17, 15) is 14.3 Å². The van der Waals surface area contributed by atoms with E-state index in [1.54, 1.807) is 15.9 Å². The standard InChI is InChI=1S/C31H28ClF5N6O3S/c1-4-24(44)43-15(2)11-41(12-16(43)3)28-19-8-20(31(35,36)37)25(18-9-21(32)23(34)10-22(18)33)27-26(19)42(30(45)40-28)13-17(14-47-27)46-29-38-6-5-7-39-29/h4-10,15-17,24,44H,1,11-14H2,2-3H3/t15-,16+,17-,24?/m0/s1. The van der Waals surface area contributed by atoms with Gasteiger partial charge in [-0.15, -0.1) is 11.8 Å². The van der Waals surface area contributed by atoms with Crippen LogP contribution in [0.3, 0.4) is 0 Å². The number of alkyl halides is 3. The van der Waals surface area contributed by atoms with Gasteiger partial charge < -0.3 is 14.7 Å². The first-order valence-corrected chi connectivity index (χ1v) is 15.9. The Morgan fingerprint density at radius 1 is 1.11 bits per heavy atom. The van der Waals surface area contributed by atoms with E-state index in [1.165, 1.54) is 23.0 Å². The van der Waals surface area contributed by atoms with Crippen LogP contribution in [0.4, 0.5) is 27.8 Å². The van der Waals surface area contributed by atoms with Gasteiger partial charge in [-0.05, 0) is 38.1 Å². The summed E-state index contributed by atoms with van der Waals surface area (Å²) in [6.45, 7) is 7.61. The lowest BCUT2D eigenvalue weighted by Gasteiger charge is -2.46. The van der Waals surface area contributed by atoms with Crippen molar-refractivity contribution in [3.63, 3.8) is 0 Å². The molecule has 2 aromatic carbocycles. The Morgan fingerprint density at radius 2 is 1.79 bits per heavy atom. The molecule has 0 radical (unpaired) electrons. The number of piperazine rings is 1. The minimum atomic E-state index is -5.01. The summed E-state index contributed by atoms with van der Waals surface area (Å²) in [5, 5.41) is 9.94. The molecule has 0 bridgehead atoms. The van der Waals surface area contributed by atoms with E-state index in [0.717, 1.165) is 23.9 Å². The summed E-state index contributed by atoms with van der Waals surface area (Å²) >= 11 is 6.90. The largest absolute Gasteiger partial charge is 0.457 e. The Kier molecular flexibility index (Phi) is 8.93. The molecule has 4 atom stereocenters. The van der Waals surface area contributed by atoms with Gasteiger partial charge in [-0.1, -0.05) is 18.2 Å². The van der Waals surface area contributed by atoms with Crippen LogP contribution < -0.4 is 15.3 Å². The minimum absolute atomic E-state index is 0.00511. The van der Waals surface area contributed by atoms with Crippen LogP contribution in [-0.4, -0.2) is 72.8 Å². The molecule has 1 saturated heterocycles. The number of benzene rings is 2. The van der Waals surface area contributed by atoms with E-state index < -0.39 is 57.5 Å². The van der Waals surface area contributed by atoms with Crippen molar-refractivity contribution < 1.29 is 31.8 Å². The van der Waals surface area contributed by atoms with E-state index in [1.807, 2.05) is 13.8 Å². The van der Waals surface area contributed by atoms with Gasteiger partial charge in [0.25, 0.3) is 0 Å². The normalized spacial score (nSPS) is 21.0.